The van der Waals surface area contributed by atoms with Crippen LogP contribution in [-0.4, -0.2) is 18.9 Å². The third kappa shape index (κ3) is 3.33. The molecule has 15 heavy (non-hydrogen) atoms. The van der Waals surface area contributed by atoms with Crippen LogP contribution in [0.2, 0.25) is 0 Å². The second-order valence-corrected chi connectivity index (χ2v) is 4.29. The number of esters is 1. The number of ketones is 1. The van der Waals surface area contributed by atoms with Crippen LogP contribution in [0.3, 0.4) is 0 Å². The number of hydrogen-bond acceptors (Lipinski definition) is 3. The second kappa shape index (κ2) is 5.89. The molecule has 0 saturated heterocycles. The van der Waals surface area contributed by atoms with Gasteiger partial charge in [0.15, 0.2) is 0 Å². The third-order valence-electron chi connectivity index (χ3n) is 3.27. The molecule has 0 aromatic rings. The Morgan fingerprint density at radius 2 is 2.27 bits per heavy atom. The summed E-state index contributed by atoms with van der Waals surface area (Å²) in [5.74, 6) is 0.508. The van der Waals surface area contributed by atoms with Gasteiger partial charge < -0.3 is 4.74 Å². The predicted octanol–water partition coefficient (Wildman–Crippen LogP) is 2.33. The van der Waals surface area contributed by atoms with Gasteiger partial charge >= 0.3 is 5.97 Å². The monoisotopic (exact) mass is 212 g/mol. The molecule has 1 aliphatic carbocycles. The number of ether oxygens (including phenoxy) is 1. The third-order valence-corrected chi connectivity index (χ3v) is 3.27. The molecule has 0 spiro atoms. The first-order valence-electron chi connectivity index (χ1n) is 5.78. The van der Waals surface area contributed by atoms with E-state index in [1.807, 2.05) is 0 Å². The average Bonchev–Trinajstić information content (AvgIpc) is 2.57. The van der Waals surface area contributed by atoms with Crippen molar-refractivity contribution in [3.63, 3.8) is 0 Å². The highest BCUT2D eigenvalue weighted by Crippen LogP contribution is 2.34. The molecule has 86 valence electrons. The van der Waals surface area contributed by atoms with E-state index >= 15 is 0 Å². The normalized spacial score (nSPS) is 25.6. The fraction of sp³-hybridized carbons (Fsp3) is 0.833. The van der Waals surface area contributed by atoms with E-state index in [-0.39, 0.29) is 17.8 Å². The highest BCUT2D eigenvalue weighted by molar-refractivity contribution is 5.84. The van der Waals surface area contributed by atoms with Crippen molar-refractivity contribution in [1.29, 1.82) is 0 Å². The Kier molecular flexibility index (Phi) is 4.79. The predicted molar refractivity (Wildman–Crippen MR) is 57.4 cm³/mol. The molecule has 3 nitrogen and oxygen atoms in total. The number of unbranched alkanes of at least 4 members (excludes halogenated alkanes) is 1. The topological polar surface area (TPSA) is 43.4 Å². The lowest BCUT2D eigenvalue weighted by Crippen LogP contribution is -2.18. The van der Waals surface area contributed by atoms with E-state index in [0.29, 0.717) is 18.6 Å². The van der Waals surface area contributed by atoms with Crippen LogP contribution in [0.15, 0.2) is 0 Å². The van der Waals surface area contributed by atoms with E-state index in [1.54, 1.807) is 0 Å². The van der Waals surface area contributed by atoms with E-state index in [9.17, 15) is 9.59 Å². The molecule has 0 aliphatic heterocycles. The molecule has 0 aromatic heterocycles. The van der Waals surface area contributed by atoms with Crippen molar-refractivity contribution in [2.24, 2.45) is 11.8 Å². The van der Waals surface area contributed by atoms with Crippen LogP contribution in [-0.2, 0) is 14.3 Å². The molecule has 0 heterocycles. The number of methoxy groups -OCH3 is 1. The highest BCUT2D eigenvalue weighted by Gasteiger charge is 2.35. The zero-order valence-electron chi connectivity index (χ0n) is 9.62. The summed E-state index contributed by atoms with van der Waals surface area (Å²) in [6.45, 7) is 2.12. The Morgan fingerprint density at radius 3 is 2.87 bits per heavy atom. The zero-order chi connectivity index (χ0) is 11.3. The molecule has 0 bridgehead atoms. The van der Waals surface area contributed by atoms with Gasteiger partial charge in [-0.1, -0.05) is 19.8 Å². The first-order chi connectivity index (χ1) is 7.19. The molecule has 0 N–H and O–H groups in total. The summed E-state index contributed by atoms with van der Waals surface area (Å²) in [5, 5.41) is 0. The maximum Gasteiger partial charge on any atom is 0.305 e. The van der Waals surface area contributed by atoms with Crippen molar-refractivity contribution in [3.05, 3.63) is 0 Å². The van der Waals surface area contributed by atoms with Crippen LogP contribution in [0.5, 0.6) is 0 Å². The molecule has 1 aliphatic rings. The standard InChI is InChI=1S/C12H20O3/c1-3-4-5-10-9(6-7-11(10)13)8-12(14)15-2/h9-10H,3-8H2,1-2H3. The molecule has 0 aromatic carbocycles. The average molecular weight is 212 g/mol. The van der Waals surface area contributed by atoms with Crippen molar-refractivity contribution in [3.8, 4) is 0 Å². The fourth-order valence-electron chi connectivity index (χ4n) is 2.34. The molecular weight excluding hydrogens is 192 g/mol. The minimum absolute atomic E-state index is 0.115. The lowest BCUT2D eigenvalue weighted by atomic mass is 9.88. The Balaban J connectivity index is 2.47. The van der Waals surface area contributed by atoms with E-state index in [2.05, 4.69) is 11.7 Å². The molecule has 2 atom stereocenters. The number of rotatable bonds is 5. The summed E-state index contributed by atoms with van der Waals surface area (Å²) in [7, 11) is 1.40. The smallest absolute Gasteiger partial charge is 0.305 e. The number of Topliss-reactive ketones (excluding diaryl/α,β-unsaturated/α-hetero) is 1. The molecule has 0 amide bonds. The van der Waals surface area contributed by atoms with Gasteiger partial charge in [0.05, 0.1) is 7.11 Å². The second-order valence-electron chi connectivity index (χ2n) is 4.29. The van der Waals surface area contributed by atoms with Gasteiger partial charge in [0.1, 0.15) is 5.78 Å². The van der Waals surface area contributed by atoms with Crippen LogP contribution >= 0.6 is 0 Å². The molecule has 2 unspecified atom stereocenters. The summed E-state index contributed by atoms with van der Waals surface area (Å²) in [6.07, 6.45) is 5.05. The van der Waals surface area contributed by atoms with Crippen LogP contribution in [0, 0.1) is 11.8 Å². The van der Waals surface area contributed by atoms with Crippen LogP contribution in [0.4, 0.5) is 0 Å². The first-order valence-corrected chi connectivity index (χ1v) is 5.78. The largest absolute Gasteiger partial charge is 0.469 e. The van der Waals surface area contributed by atoms with E-state index in [4.69, 9.17) is 0 Å². The van der Waals surface area contributed by atoms with Crippen LogP contribution in [0.25, 0.3) is 0 Å². The Bertz CT molecular complexity index is 235. The maximum atomic E-state index is 11.6. The van der Waals surface area contributed by atoms with Crippen molar-refractivity contribution < 1.29 is 14.3 Å². The zero-order valence-corrected chi connectivity index (χ0v) is 9.62. The molecular formula is C12H20O3. The van der Waals surface area contributed by atoms with Gasteiger partial charge in [-0.15, -0.1) is 0 Å². The lowest BCUT2D eigenvalue weighted by molar-refractivity contribution is -0.142. The SMILES string of the molecule is CCCCC1C(=O)CCC1CC(=O)OC. The summed E-state index contributed by atoms with van der Waals surface area (Å²) < 4.78 is 4.65. The minimum atomic E-state index is -0.184. The molecule has 0 radical (unpaired) electrons. The molecule has 3 heteroatoms. The molecule has 1 saturated carbocycles. The van der Waals surface area contributed by atoms with Gasteiger partial charge in [0.25, 0.3) is 0 Å². The van der Waals surface area contributed by atoms with Crippen molar-refractivity contribution in [2.75, 3.05) is 7.11 Å². The summed E-state index contributed by atoms with van der Waals surface area (Å²) in [6, 6.07) is 0. The highest BCUT2D eigenvalue weighted by atomic mass is 16.5. The summed E-state index contributed by atoms with van der Waals surface area (Å²) >= 11 is 0. The number of carbonyl (C=O) groups is 2. The Hall–Kier alpha value is -0.860. The number of hydrogen-bond donors (Lipinski definition) is 0. The lowest BCUT2D eigenvalue weighted by Gasteiger charge is -2.16. The van der Waals surface area contributed by atoms with Crippen LogP contribution < -0.4 is 0 Å². The van der Waals surface area contributed by atoms with Gasteiger partial charge in [0.2, 0.25) is 0 Å². The molecule has 1 fully saturated rings. The van der Waals surface area contributed by atoms with E-state index < -0.39 is 0 Å². The Labute approximate surface area is 91.2 Å². The minimum Gasteiger partial charge on any atom is -0.469 e. The van der Waals surface area contributed by atoms with E-state index in [1.165, 1.54) is 7.11 Å². The van der Waals surface area contributed by atoms with Gasteiger partial charge in [-0.3, -0.25) is 9.59 Å². The first kappa shape index (κ1) is 12.2. The van der Waals surface area contributed by atoms with Gasteiger partial charge in [-0.25, -0.2) is 0 Å². The summed E-state index contributed by atoms with van der Waals surface area (Å²) in [5.41, 5.74) is 0. The van der Waals surface area contributed by atoms with Gasteiger partial charge in [-0.05, 0) is 18.8 Å². The van der Waals surface area contributed by atoms with Crippen molar-refractivity contribution in [1.82, 2.24) is 0 Å². The van der Waals surface area contributed by atoms with Gasteiger partial charge in [0, 0.05) is 18.8 Å². The van der Waals surface area contributed by atoms with E-state index in [0.717, 1.165) is 25.7 Å². The number of carbonyl (C=O) groups excluding carboxylic acids is 2. The maximum absolute atomic E-state index is 11.6. The fourth-order valence-corrected chi connectivity index (χ4v) is 2.34. The van der Waals surface area contributed by atoms with Crippen molar-refractivity contribution >= 4 is 11.8 Å². The summed E-state index contributed by atoms with van der Waals surface area (Å²) in [4.78, 5) is 22.8. The molecule has 1 rings (SSSR count). The van der Waals surface area contributed by atoms with Crippen LogP contribution in [0.1, 0.15) is 45.4 Å². The Morgan fingerprint density at radius 1 is 1.53 bits per heavy atom. The quantitative estimate of drug-likeness (QED) is 0.657. The van der Waals surface area contributed by atoms with Gasteiger partial charge in [-0.2, -0.15) is 0 Å². The van der Waals surface area contributed by atoms with Crippen molar-refractivity contribution in [2.45, 2.75) is 45.4 Å².